The number of aromatic hydroxyl groups is 1. The predicted octanol–water partition coefficient (Wildman–Crippen LogP) is -2.70. The summed E-state index contributed by atoms with van der Waals surface area (Å²) in [6, 6.07) is 4.39. The third-order valence-electron chi connectivity index (χ3n) is 1.13. The van der Waals surface area contributed by atoms with Crippen molar-refractivity contribution in [1.82, 2.24) is 0 Å². The monoisotopic (exact) mass is 285 g/mol. The third-order valence-corrected chi connectivity index (χ3v) is 1.97. The fourth-order valence-corrected chi connectivity index (χ4v) is 1.08. The van der Waals surface area contributed by atoms with Crippen molar-refractivity contribution in [2.24, 2.45) is 0 Å². The molecule has 1 aromatic rings. The summed E-state index contributed by atoms with van der Waals surface area (Å²) in [5, 5.41) is 8.73. The Balaban J connectivity index is 0. The minimum Gasteiger partial charge on any atom is -0.744 e. The quantitative estimate of drug-likeness (QED) is 0.450. The number of rotatable bonds is 1. The standard InChI is InChI=1S/C6H6O4S.Na.Y/c7-5-1-3-6(4-2-5)11(8,9)10;;/h1-4,7H,(H,8,9,10);;/q;+1;/p-1. The molecular formula is C6H5NaO4SY. The topological polar surface area (TPSA) is 77.4 Å². The van der Waals surface area contributed by atoms with Crippen LogP contribution in [0.2, 0.25) is 0 Å². The van der Waals surface area contributed by atoms with Crippen LogP contribution in [0.1, 0.15) is 0 Å². The van der Waals surface area contributed by atoms with Crippen molar-refractivity contribution in [1.29, 1.82) is 0 Å². The van der Waals surface area contributed by atoms with E-state index in [0.717, 1.165) is 24.3 Å². The van der Waals surface area contributed by atoms with Crippen molar-refractivity contribution >= 4 is 10.1 Å². The van der Waals surface area contributed by atoms with E-state index in [0.29, 0.717) is 0 Å². The van der Waals surface area contributed by atoms with Crippen LogP contribution in [0.25, 0.3) is 0 Å². The summed E-state index contributed by atoms with van der Waals surface area (Å²) < 4.78 is 30.9. The second-order valence-electron chi connectivity index (χ2n) is 1.95. The smallest absolute Gasteiger partial charge is 0.744 e. The number of hydrogen-bond acceptors (Lipinski definition) is 4. The van der Waals surface area contributed by atoms with Crippen molar-refractivity contribution in [3.8, 4) is 5.75 Å². The van der Waals surface area contributed by atoms with E-state index in [1.165, 1.54) is 0 Å². The molecule has 0 saturated heterocycles. The first-order chi connectivity index (χ1) is 5.00. The second kappa shape index (κ2) is 6.51. The molecule has 0 aliphatic heterocycles. The van der Waals surface area contributed by atoms with Gasteiger partial charge in [-0.3, -0.25) is 0 Å². The van der Waals surface area contributed by atoms with Crippen LogP contribution >= 0.6 is 0 Å². The number of hydrogen-bond donors (Lipinski definition) is 1. The maximum atomic E-state index is 10.3. The Kier molecular flexibility index (Phi) is 8.24. The van der Waals surface area contributed by atoms with Crippen LogP contribution in [-0.2, 0) is 42.8 Å². The Morgan fingerprint density at radius 3 is 1.85 bits per heavy atom. The van der Waals surface area contributed by atoms with Gasteiger partial charge in [-0.1, -0.05) is 0 Å². The van der Waals surface area contributed by atoms with E-state index < -0.39 is 10.1 Å². The molecule has 1 rings (SSSR count). The maximum absolute atomic E-state index is 10.3. The second-order valence-corrected chi connectivity index (χ2v) is 3.33. The summed E-state index contributed by atoms with van der Waals surface area (Å²) in [6.45, 7) is 0. The molecule has 0 unspecified atom stereocenters. The zero-order valence-corrected chi connectivity index (χ0v) is 12.6. The van der Waals surface area contributed by atoms with E-state index in [1.54, 1.807) is 0 Å². The van der Waals surface area contributed by atoms with Gasteiger partial charge < -0.3 is 9.66 Å². The molecule has 63 valence electrons. The van der Waals surface area contributed by atoms with Crippen molar-refractivity contribution in [2.45, 2.75) is 4.90 Å². The first kappa shape index (κ1) is 16.5. The summed E-state index contributed by atoms with van der Waals surface area (Å²) in [5.41, 5.74) is 0. The Labute approximate surface area is 124 Å². The van der Waals surface area contributed by atoms with Crippen LogP contribution in [0.5, 0.6) is 5.75 Å². The predicted molar refractivity (Wildman–Crippen MR) is 36.1 cm³/mol. The molecule has 0 spiro atoms. The SMILES string of the molecule is O=S(=O)([O-])c1ccc(O)cc1.[Na+].[Y]. The third kappa shape index (κ3) is 5.47. The van der Waals surface area contributed by atoms with Gasteiger partial charge >= 0.3 is 29.6 Å². The minimum atomic E-state index is -4.38. The van der Waals surface area contributed by atoms with Crippen LogP contribution < -0.4 is 29.6 Å². The molecule has 0 aromatic heterocycles. The van der Waals surface area contributed by atoms with Gasteiger partial charge in [0.25, 0.3) is 0 Å². The van der Waals surface area contributed by atoms with Crippen LogP contribution in [0.15, 0.2) is 29.2 Å². The molecular weight excluding hydrogens is 280 g/mol. The Morgan fingerprint density at radius 1 is 1.15 bits per heavy atom. The van der Waals surface area contributed by atoms with Crippen LogP contribution in [0, 0.1) is 0 Å². The molecule has 0 amide bonds. The van der Waals surface area contributed by atoms with Gasteiger partial charge in [0.05, 0.1) is 4.90 Å². The zero-order valence-electron chi connectivity index (χ0n) is 6.97. The summed E-state index contributed by atoms with van der Waals surface area (Å²) in [7, 11) is -4.38. The van der Waals surface area contributed by atoms with Crippen molar-refractivity contribution in [3.05, 3.63) is 24.3 Å². The van der Waals surface area contributed by atoms with E-state index in [-0.39, 0.29) is 72.9 Å². The van der Waals surface area contributed by atoms with Crippen molar-refractivity contribution in [2.75, 3.05) is 0 Å². The average molecular weight is 285 g/mol. The van der Waals surface area contributed by atoms with E-state index in [4.69, 9.17) is 5.11 Å². The normalized spacial score (nSPS) is 9.62. The van der Waals surface area contributed by atoms with Gasteiger partial charge in [-0.25, -0.2) is 8.42 Å². The summed E-state index contributed by atoms with van der Waals surface area (Å²) >= 11 is 0. The fourth-order valence-electron chi connectivity index (χ4n) is 0.613. The molecule has 0 aliphatic rings. The van der Waals surface area contributed by atoms with Gasteiger partial charge in [-0.2, -0.15) is 0 Å². The van der Waals surface area contributed by atoms with Crippen molar-refractivity contribution < 1.29 is 80.3 Å². The van der Waals surface area contributed by atoms with Crippen LogP contribution in [0.3, 0.4) is 0 Å². The summed E-state index contributed by atoms with van der Waals surface area (Å²) in [6.07, 6.45) is 0. The van der Waals surface area contributed by atoms with Crippen molar-refractivity contribution in [3.63, 3.8) is 0 Å². The van der Waals surface area contributed by atoms with E-state index in [9.17, 15) is 13.0 Å². The van der Waals surface area contributed by atoms with E-state index in [1.807, 2.05) is 0 Å². The average Bonchev–Trinajstić information content (AvgIpc) is 1.86. The van der Waals surface area contributed by atoms with Gasteiger partial charge in [0.1, 0.15) is 15.9 Å². The minimum absolute atomic E-state index is 0. The number of phenols is 1. The summed E-state index contributed by atoms with van der Waals surface area (Å²) in [5.74, 6) is -0.0719. The first-order valence-electron chi connectivity index (χ1n) is 2.75. The van der Waals surface area contributed by atoms with Gasteiger partial charge in [0.15, 0.2) is 0 Å². The molecule has 1 aromatic carbocycles. The zero-order chi connectivity index (χ0) is 8.48. The van der Waals surface area contributed by atoms with E-state index in [2.05, 4.69) is 0 Å². The van der Waals surface area contributed by atoms with E-state index >= 15 is 0 Å². The maximum Gasteiger partial charge on any atom is 1.00 e. The molecule has 0 saturated carbocycles. The first-order valence-corrected chi connectivity index (χ1v) is 4.16. The largest absolute Gasteiger partial charge is 1.00 e. The Bertz CT molecular complexity index is 347. The molecule has 4 nitrogen and oxygen atoms in total. The van der Waals surface area contributed by atoms with Gasteiger partial charge in [0, 0.05) is 32.7 Å². The van der Waals surface area contributed by atoms with Crippen LogP contribution in [0.4, 0.5) is 0 Å². The molecule has 0 fully saturated rings. The molecule has 1 N–H and O–H groups in total. The van der Waals surface area contributed by atoms with Gasteiger partial charge in [-0.05, 0) is 24.3 Å². The molecule has 7 heteroatoms. The Hall–Kier alpha value is 1.03. The molecule has 0 bridgehead atoms. The van der Waals surface area contributed by atoms with Gasteiger partial charge in [0.2, 0.25) is 0 Å². The molecule has 13 heavy (non-hydrogen) atoms. The molecule has 0 atom stereocenters. The number of benzene rings is 1. The summed E-state index contributed by atoms with van der Waals surface area (Å²) in [4.78, 5) is -0.338. The molecule has 1 radical (unpaired) electrons. The Morgan fingerprint density at radius 2 is 1.54 bits per heavy atom. The van der Waals surface area contributed by atoms with Crippen LogP contribution in [-0.4, -0.2) is 18.1 Å². The van der Waals surface area contributed by atoms with Gasteiger partial charge in [-0.15, -0.1) is 0 Å². The molecule has 0 aliphatic carbocycles. The number of phenolic OH excluding ortho intramolecular Hbond substituents is 1. The molecule has 0 heterocycles. The fraction of sp³-hybridized carbons (Fsp3) is 0.